The highest BCUT2D eigenvalue weighted by Crippen LogP contribution is 2.33. The van der Waals surface area contributed by atoms with E-state index in [0.717, 1.165) is 24.8 Å². The molecule has 21 heavy (non-hydrogen) atoms. The molecule has 1 N–H and O–H groups in total. The van der Waals surface area contributed by atoms with E-state index >= 15 is 0 Å². The number of hydrogen-bond acceptors (Lipinski definition) is 3. The van der Waals surface area contributed by atoms with Gasteiger partial charge in [-0.05, 0) is 31.0 Å². The number of sulfonamides is 1. The van der Waals surface area contributed by atoms with Gasteiger partial charge in [-0.3, -0.25) is 4.79 Å². The summed E-state index contributed by atoms with van der Waals surface area (Å²) >= 11 is 0. The van der Waals surface area contributed by atoms with Crippen LogP contribution in [0.2, 0.25) is 0 Å². The maximum absolute atomic E-state index is 12.4. The molecule has 1 aliphatic heterocycles. The van der Waals surface area contributed by atoms with Crippen LogP contribution < -0.4 is 4.72 Å². The van der Waals surface area contributed by atoms with Gasteiger partial charge in [-0.15, -0.1) is 0 Å². The summed E-state index contributed by atoms with van der Waals surface area (Å²) in [5, 5.41) is 0. The molecule has 0 fully saturated rings. The van der Waals surface area contributed by atoms with Crippen LogP contribution in [0.15, 0.2) is 24.3 Å². The first kappa shape index (κ1) is 16.0. The third-order valence-corrected chi connectivity index (χ3v) is 5.17. The van der Waals surface area contributed by atoms with Crippen LogP contribution in [0, 0.1) is 0 Å². The summed E-state index contributed by atoms with van der Waals surface area (Å²) in [5.74, 6) is -0.802. The molecule has 0 radical (unpaired) electrons. The summed E-state index contributed by atoms with van der Waals surface area (Å²) < 4.78 is 25.4. The van der Waals surface area contributed by atoms with Crippen LogP contribution in [-0.2, 0) is 21.2 Å². The molecule has 0 aromatic heterocycles. The lowest BCUT2D eigenvalue weighted by Crippen LogP contribution is -2.44. The van der Waals surface area contributed by atoms with Gasteiger partial charge < -0.3 is 4.90 Å². The highest BCUT2D eigenvalue weighted by Gasteiger charge is 2.31. The van der Waals surface area contributed by atoms with E-state index in [9.17, 15) is 13.2 Å². The van der Waals surface area contributed by atoms with E-state index in [-0.39, 0.29) is 11.9 Å². The molecule has 0 aliphatic carbocycles. The Labute approximate surface area is 126 Å². The molecule has 1 aliphatic rings. The van der Waals surface area contributed by atoms with Gasteiger partial charge in [-0.25, -0.2) is 13.1 Å². The Morgan fingerprint density at radius 3 is 2.76 bits per heavy atom. The van der Waals surface area contributed by atoms with E-state index in [0.29, 0.717) is 6.54 Å². The molecule has 116 valence electrons. The molecule has 0 saturated heterocycles. The molecule has 5 nitrogen and oxygen atoms in total. The summed E-state index contributed by atoms with van der Waals surface area (Å²) in [7, 11) is -2.19. The first-order valence-electron chi connectivity index (χ1n) is 7.27. The molecular weight excluding hydrogens is 288 g/mol. The minimum atomic E-state index is -3.53. The smallest absolute Gasteiger partial charge is 0.239 e. The van der Waals surface area contributed by atoms with E-state index in [2.05, 4.69) is 17.7 Å². The maximum atomic E-state index is 12.4. The quantitative estimate of drug-likeness (QED) is 0.895. The standard InChI is InChI=1S/C15H22N2O3S/c1-3-6-14-13-8-5-4-7-12(13)9-10-17(14)15(18)11-21(19,20)16-2/h4-5,7-8,14,16H,3,6,9-11H2,1-2H3. The Hall–Kier alpha value is -1.40. The molecule has 2 rings (SSSR count). The van der Waals surface area contributed by atoms with Gasteiger partial charge in [0.25, 0.3) is 0 Å². The Balaban J connectivity index is 2.26. The van der Waals surface area contributed by atoms with Crippen LogP contribution >= 0.6 is 0 Å². The average Bonchev–Trinajstić information content (AvgIpc) is 2.47. The zero-order valence-corrected chi connectivity index (χ0v) is 13.3. The number of hydrogen-bond donors (Lipinski definition) is 1. The second-order valence-corrected chi connectivity index (χ2v) is 7.23. The van der Waals surface area contributed by atoms with Crippen molar-refractivity contribution in [2.24, 2.45) is 0 Å². The average molecular weight is 310 g/mol. The molecule has 1 atom stereocenters. The molecule has 6 heteroatoms. The van der Waals surface area contributed by atoms with E-state index in [1.54, 1.807) is 4.90 Å². The number of amides is 1. The first-order chi connectivity index (χ1) is 9.98. The fourth-order valence-electron chi connectivity index (χ4n) is 2.85. The predicted octanol–water partition coefficient (Wildman–Crippen LogP) is 1.46. The summed E-state index contributed by atoms with van der Waals surface area (Å²) in [5.41, 5.74) is 2.41. The largest absolute Gasteiger partial charge is 0.334 e. The van der Waals surface area contributed by atoms with Crippen LogP contribution in [0.1, 0.15) is 36.9 Å². The zero-order chi connectivity index (χ0) is 15.5. The van der Waals surface area contributed by atoms with Crippen molar-refractivity contribution in [2.75, 3.05) is 19.3 Å². The number of nitrogens with one attached hydrogen (secondary N) is 1. The summed E-state index contributed by atoms with van der Waals surface area (Å²) in [4.78, 5) is 14.1. The second kappa shape index (κ2) is 6.58. The number of carbonyl (C=O) groups is 1. The number of nitrogens with zero attached hydrogens (tertiary/aromatic N) is 1. The Morgan fingerprint density at radius 2 is 2.10 bits per heavy atom. The SMILES string of the molecule is CCCC1c2ccccc2CCN1C(=O)CS(=O)(=O)NC. The van der Waals surface area contributed by atoms with Crippen molar-refractivity contribution in [3.05, 3.63) is 35.4 Å². The molecule has 1 aromatic rings. The third kappa shape index (κ3) is 3.63. The van der Waals surface area contributed by atoms with Gasteiger partial charge in [0.05, 0.1) is 6.04 Å². The second-order valence-electron chi connectivity index (χ2n) is 5.30. The first-order valence-corrected chi connectivity index (χ1v) is 8.92. The van der Waals surface area contributed by atoms with Gasteiger partial charge in [-0.1, -0.05) is 37.6 Å². The lowest BCUT2D eigenvalue weighted by Gasteiger charge is -2.37. The number of fused-ring (bicyclic) bond motifs is 1. The van der Waals surface area contributed by atoms with Gasteiger partial charge in [0.2, 0.25) is 15.9 Å². The number of carbonyl (C=O) groups excluding carboxylic acids is 1. The van der Waals surface area contributed by atoms with Crippen molar-refractivity contribution in [3.63, 3.8) is 0 Å². The highest BCUT2D eigenvalue weighted by atomic mass is 32.2. The molecule has 0 saturated carbocycles. The third-order valence-electron chi connectivity index (χ3n) is 3.92. The van der Waals surface area contributed by atoms with Crippen molar-refractivity contribution in [3.8, 4) is 0 Å². The summed E-state index contributed by atoms with van der Waals surface area (Å²) in [6, 6.07) is 8.09. The van der Waals surface area contributed by atoms with Crippen LogP contribution in [0.3, 0.4) is 0 Å². The van der Waals surface area contributed by atoms with Crippen LogP contribution in [0.25, 0.3) is 0 Å². The van der Waals surface area contributed by atoms with Crippen molar-refractivity contribution in [2.45, 2.75) is 32.2 Å². The van der Waals surface area contributed by atoms with E-state index < -0.39 is 15.8 Å². The molecule has 1 unspecified atom stereocenters. The molecule has 1 amide bonds. The minimum absolute atomic E-state index is 0.0143. The topological polar surface area (TPSA) is 66.5 Å². The number of rotatable bonds is 5. The van der Waals surface area contributed by atoms with Crippen molar-refractivity contribution in [1.29, 1.82) is 0 Å². The van der Waals surface area contributed by atoms with Gasteiger partial charge in [-0.2, -0.15) is 0 Å². The zero-order valence-electron chi connectivity index (χ0n) is 12.5. The monoisotopic (exact) mass is 310 g/mol. The lowest BCUT2D eigenvalue weighted by molar-refractivity contribution is -0.131. The fraction of sp³-hybridized carbons (Fsp3) is 0.533. The van der Waals surface area contributed by atoms with Gasteiger partial charge in [0, 0.05) is 6.54 Å². The summed E-state index contributed by atoms with van der Waals surface area (Å²) in [6.45, 7) is 2.66. The molecule has 0 bridgehead atoms. The summed E-state index contributed by atoms with van der Waals surface area (Å²) in [6.07, 6.45) is 2.58. The van der Waals surface area contributed by atoms with Crippen molar-refractivity contribution < 1.29 is 13.2 Å². The fourth-order valence-corrected chi connectivity index (χ4v) is 3.49. The Kier molecular flexibility index (Phi) is 5.00. The maximum Gasteiger partial charge on any atom is 0.239 e. The molecular formula is C15H22N2O3S. The van der Waals surface area contributed by atoms with E-state index in [1.807, 2.05) is 18.2 Å². The van der Waals surface area contributed by atoms with Gasteiger partial charge >= 0.3 is 0 Å². The number of benzene rings is 1. The molecule has 1 heterocycles. The lowest BCUT2D eigenvalue weighted by atomic mass is 9.90. The van der Waals surface area contributed by atoms with Crippen LogP contribution in [0.4, 0.5) is 0 Å². The molecule has 1 aromatic carbocycles. The van der Waals surface area contributed by atoms with Crippen LogP contribution in [-0.4, -0.2) is 38.6 Å². The van der Waals surface area contributed by atoms with Crippen molar-refractivity contribution in [1.82, 2.24) is 9.62 Å². The molecule has 0 spiro atoms. The van der Waals surface area contributed by atoms with Gasteiger partial charge in [0.15, 0.2) is 0 Å². The highest BCUT2D eigenvalue weighted by molar-refractivity contribution is 7.90. The normalized spacial score (nSPS) is 18.4. The van der Waals surface area contributed by atoms with Gasteiger partial charge in [0.1, 0.15) is 5.75 Å². The predicted molar refractivity (Wildman–Crippen MR) is 82.4 cm³/mol. The van der Waals surface area contributed by atoms with Crippen molar-refractivity contribution >= 4 is 15.9 Å². The minimum Gasteiger partial charge on any atom is -0.334 e. The Morgan fingerprint density at radius 1 is 1.38 bits per heavy atom. The Bertz CT molecular complexity index is 613. The van der Waals surface area contributed by atoms with Crippen LogP contribution in [0.5, 0.6) is 0 Å². The van der Waals surface area contributed by atoms with E-state index in [1.165, 1.54) is 12.6 Å². The van der Waals surface area contributed by atoms with E-state index in [4.69, 9.17) is 0 Å².